The number of hydrogen-bond donors (Lipinski definition) is 1. The predicted octanol–water partition coefficient (Wildman–Crippen LogP) is 3.04. The van der Waals surface area contributed by atoms with E-state index in [2.05, 4.69) is 46.3 Å². The standard InChI is InChI=1S/C20H24N2O/c23-15-20(11-16-5-2-1-3-6-16)12-18-8-9-19(20)22(18)14-17-7-4-10-21-13-17/h1-7,10,13,18-19,23H,8-9,11-12,14-15H2/t18-,19+,20-/m0/s1. The van der Waals surface area contributed by atoms with Crippen LogP contribution in [0.2, 0.25) is 0 Å². The third-order valence-corrected chi connectivity index (χ3v) is 5.79. The van der Waals surface area contributed by atoms with E-state index in [1.807, 2.05) is 18.5 Å². The normalized spacial score (nSPS) is 30.0. The van der Waals surface area contributed by atoms with Crippen LogP contribution < -0.4 is 0 Å². The molecule has 2 saturated heterocycles. The molecular formula is C20H24N2O. The summed E-state index contributed by atoms with van der Waals surface area (Å²) in [6.45, 7) is 1.24. The van der Waals surface area contributed by atoms with Crippen LogP contribution in [0.3, 0.4) is 0 Å². The molecule has 3 nitrogen and oxygen atoms in total. The molecule has 2 aliphatic heterocycles. The lowest BCUT2D eigenvalue weighted by molar-refractivity contribution is 0.0750. The summed E-state index contributed by atoms with van der Waals surface area (Å²) in [6, 6.07) is 15.9. The lowest BCUT2D eigenvalue weighted by Crippen LogP contribution is -2.41. The zero-order valence-electron chi connectivity index (χ0n) is 13.4. The molecule has 2 aliphatic rings. The molecule has 120 valence electrons. The summed E-state index contributed by atoms with van der Waals surface area (Å²) < 4.78 is 0. The smallest absolute Gasteiger partial charge is 0.0506 e. The van der Waals surface area contributed by atoms with E-state index in [0.717, 1.165) is 19.4 Å². The van der Waals surface area contributed by atoms with E-state index >= 15 is 0 Å². The van der Waals surface area contributed by atoms with Crippen molar-refractivity contribution in [3.63, 3.8) is 0 Å². The molecule has 0 amide bonds. The molecule has 3 atom stereocenters. The Bertz CT molecular complexity index is 645. The topological polar surface area (TPSA) is 36.4 Å². The van der Waals surface area contributed by atoms with Gasteiger partial charge in [-0.2, -0.15) is 0 Å². The van der Waals surface area contributed by atoms with E-state index in [1.54, 1.807) is 0 Å². The van der Waals surface area contributed by atoms with Gasteiger partial charge in [0.25, 0.3) is 0 Å². The van der Waals surface area contributed by atoms with Gasteiger partial charge in [-0.25, -0.2) is 0 Å². The second kappa shape index (κ2) is 6.06. The van der Waals surface area contributed by atoms with Crippen LogP contribution in [0.4, 0.5) is 0 Å². The Morgan fingerprint density at radius 2 is 1.91 bits per heavy atom. The zero-order valence-corrected chi connectivity index (χ0v) is 13.4. The van der Waals surface area contributed by atoms with E-state index in [-0.39, 0.29) is 12.0 Å². The van der Waals surface area contributed by atoms with Crippen LogP contribution in [0.1, 0.15) is 30.4 Å². The minimum absolute atomic E-state index is 0.0203. The Balaban J connectivity index is 1.56. The molecule has 3 heteroatoms. The molecule has 0 unspecified atom stereocenters. The van der Waals surface area contributed by atoms with Crippen LogP contribution in [0.5, 0.6) is 0 Å². The second-order valence-corrected chi connectivity index (χ2v) is 7.17. The molecule has 0 spiro atoms. The third-order valence-electron chi connectivity index (χ3n) is 5.79. The predicted molar refractivity (Wildman–Crippen MR) is 90.9 cm³/mol. The van der Waals surface area contributed by atoms with Crippen molar-refractivity contribution in [3.8, 4) is 0 Å². The molecule has 4 rings (SSSR count). The van der Waals surface area contributed by atoms with Crippen molar-refractivity contribution in [2.75, 3.05) is 6.61 Å². The number of aromatic nitrogens is 1. The number of fused-ring (bicyclic) bond motifs is 2. The van der Waals surface area contributed by atoms with Gasteiger partial charge in [0.15, 0.2) is 0 Å². The molecule has 0 aliphatic carbocycles. The number of aliphatic hydroxyl groups excluding tert-OH is 1. The Morgan fingerprint density at radius 3 is 2.65 bits per heavy atom. The summed E-state index contributed by atoms with van der Waals surface area (Å²) in [5.74, 6) is 0. The largest absolute Gasteiger partial charge is 0.396 e. The van der Waals surface area contributed by atoms with Gasteiger partial charge >= 0.3 is 0 Å². The SMILES string of the molecule is OC[C@]1(Cc2ccccc2)C[C@@H]2CC[C@H]1N2Cc1cccnc1. The maximum Gasteiger partial charge on any atom is 0.0506 e. The van der Waals surface area contributed by atoms with Gasteiger partial charge in [-0.15, -0.1) is 0 Å². The second-order valence-electron chi connectivity index (χ2n) is 7.17. The average Bonchev–Trinajstić information content (AvgIpc) is 3.11. The lowest BCUT2D eigenvalue weighted by atomic mass is 9.70. The molecular weight excluding hydrogens is 284 g/mol. The van der Waals surface area contributed by atoms with E-state index in [4.69, 9.17) is 0 Å². The highest BCUT2D eigenvalue weighted by molar-refractivity contribution is 5.21. The minimum atomic E-state index is 0.0203. The quantitative estimate of drug-likeness (QED) is 0.922. The fourth-order valence-corrected chi connectivity index (χ4v) is 4.78. The number of nitrogens with zero attached hydrogens (tertiary/aromatic N) is 2. The Kier molecular flexibility index (Phi) is 3.92. The molecule has 0 saturated carbocycles. The van der Waals surface area contributed by atoms with Gasteiger partial charge in [0.05, 0.1) is 6.61 Å². The molecule has 2 aromatic rings. The van der Waals surface area contributed by atoms with Crippen molar-refractivity contribution in [2.45, 2.75) is 44.3 Å². The summed E-state index contributed by atoms with van der Waals surface area (Å²) in [4.78, 5) is 6.87. The number of benzene rings is 1. The van der Waals surface area contributed by atoms with Crippen molar-refractivity contribution < 1.29 is 5.11 Å². The average molecular weight is 308 g/mol. The summed E-state index contributed by atoms with van der Waals surface area (Å²) in [5.41, 5.74) is 2.64. The Morgan fingerprint density at radius 1 is 1.09 bits per heavy atom. The van der Waals surface area contributed by atoms with Crippen molar-refractivity contribution in [3.05, 3.63) is 66.0 Å². The van der Waals surface area contributed by atoms with Crippen molar-refractivity contribution in [2.24, 2.45) is 5.41 Å². The van der Waals surface area contributed by atoms with Crippen molar-refractivity contribution in [1.82, 2.24) is 9.88 Å². The van der Waals surface area contributed by atoms with Crippen LogP contribution in [0.15, 0.2) is 54.9 Å². The van der Waals surface area contributed by atoms with Crippen molar-refractivity contribution in [1.29, 1.82) is 0 Å². The van der Waals surface area contributed by atoms with E-state index < -0.39 is 0 Å². The van der Waals surface area contributed by atoms with E-state index in [9.17, 15) is 5.11 Å². The summed E-state index contributed by atoms with van der Waals surface area (Å²) >= 11 is 0. The van der Waals surface area contributed by atoms with Crippen LogP contribution in [-0.4, -0.2) is 33.7 Å². The maximum atomic E-state index is 10.2. The van der Waals surface area contributed by atoms with E-state index in [0.29, 0.717) is 12.1 Å². The highest BCUT2D eigenvalue weighted by Crippen LogP contribution is 2.51. The molecule has 3 heterocycles. The Labute approximate surface area is 138 Å². The highest BCUT2D eigenvalue weighted by atomic mass is 16.3. The number of pyridine rings is 1. The van der Waals surface area contributed by atoms with Gasteiger partial charge in [0.1, 0.15) is 0 Å². The molecule has 23 heavy (non-hydrogen) atoms. The first-order valence-electron chi connectivity index (χ1n) is 8.60. The molecule has 0 radical (unpaired) electrons. The van der Waals surface area contributed by atoms with Gasteiger partial charge in [0, 0.05) is 36.4 Å². The van der Waals surface area contributed by atoms with Gasteiger partial charge < -0.3 is 5.11 Å². The number of hydrogen-bond acceptors (Lipinski definition) is 3. The molecule has 2 fully saturated rings. The van der Waals surface area contributed by atoms with Gasteiger partial charge in [-0.1, -0.05) is 36.4 Å². The van der Waals surface area contributed by atoms with Gasteiger partial charge in [0.2, 0.25) is 0 Å². The fourth-order valence-electron chi connectivity index (χ4n) is 4.78. The highest BCUT2D eigenvalue weighted by Gasteiger charge is 2.55. The first kappa shape index (κ1) is 14.9. The number of aliphatic hydroxyl groups is 1. The summed E-state index contributed by atoms with van der Waals surface area (Å²) in [5, 5.41) is 10.2. The first-order chi connectivity index (χ1) is 11.3. The summed E-state index contributed by atoms with van der Waals surface area (Å²) in [7, 11) is 0. The molecule has 2 bridgehead atoms. The molecule has 1 aromatic carbocycles. The zero-order chi connectivity index (χ0) is 15.7. The van der Waals surface area contributed by atoms with E-state index in [1.165, 1.54) is 24.0 Å². The summed E-state index contributed by atoms with van der Waals surface area (Å²) in [6.07, 6.45) is 8.36. The third kappa shape index (κ3) is 2.68. The lowest BCUT2D eigenvalue weighted by Gasteiger charge is -2.36. The van der Waals surface area contributed by atoms with Crippen LogP contribution in [0.25, 0.3) is 0 Å². The van der Waals surface area contributed by atoms with Crippen LogP contribution in [0, 0.1) is 5.41 Å². The van der Waals surface area contributed by atoms with Crippen LogP contribution in [-0.2, 0) is 13.0 Å². The molecule has 1 aromatic heterocycles. The van der Waals surface area contributed by atoms with Gasteiger partial charge in [-0.05, 0) is 42.9 Å². The molecule has 1 N–H and O–H groups in total. The van der Waals surface area contributed by atoms with Crippen LogP contribution >= 0.6 is 0 Å². The monoisotopic (exact) mass is 308 g/mol. The maximum absolute atomic E-state index is 10.2. The number of rotatable bonds is 5. The van der Waals surface area contributed by atoms with Gasteiger partial charge in [-0.3, -0.25) is 9.88 Å². The Hall–Kier alpha value is -1.71. The van der Waals surface area contributed by atoms with Crippen molar-refractivity contribution >= 4 is 0 Å². The fraction of sp³-hybridized carbons (Fsp3) is 0.450. The first-order valence-corrected chi connectivity index (χ1v) is 8.60. The minimum Gasteiger partial charge on any atom is -0.396 e.